The van der Waals surface area contributed by atoms with Gasteiger partial charge in [-0.05, 0) is 37.8 Å². The molecule has 28 heavy (non-hydrogen) atoms. The van der Waals surface area contributed by atoms with Gasteiger partial charge in [-0.15, -0.1) is 0 Å². The number of rotatable bonds is 3. The summed E-state index contributed by atoms with van der Waals surface area (Å²) in [5.74, 6) is 0.311. The van der Waals surface area contributed by atoms with Crippen LogP contribution in [0.1, 0.15) is 24.8 Å². The summed E-state index contributed by atoms with van der Waals surface area (Å²) in [6.45, 7) is 8.12. The number of aryl methyl sites for hydroxylation is 1. The quantitative estimate of drug-likeness (QED) is 0.728. The molecule has 0 radical (unpaired) electrons. The Labute approximate surface area is 165 Å². The van der Waals surface area contributed by atoms with Gasteiger partial charge in [-0.3, -0.25) is 24.3 Å². The molecule has 1 aromatic rings. The lowest BCUT2D eigenvalue weighted by atomic mass is 10.2. The largest absolute Gasteiger partial charge is 0.483 e. The molecule has 0 aliphatic carbocycles. The second kappa shape index (κ2) is 13.5. The van der Waals surface area contributed by atoms with Crippen LogP contribution in [0, 0.1) is 6.92 Å². The van der Waals surface area contributed by atoms with E-state index in [4.69, 9.17) is 19.8 Å². The van der Waals surface area contributed by atoms with E-state index in [2.05, 4.69) is 27.8 Å². The highest BCUT2D eigenvalue weighted by Crippen LogP contribution is 2.20. The molecule has 0 unspecified atom stereocenters. The van der Waals surface area contributed by atoms with E-state index in [1.54, 1.807) is 0 Å². The summed E-state index contributed by atoms with van der Waals surface area (Å²) < 4.78 is 0. The second-order valence-electron chi connectivity index (χ2n) is 6.58. The first-order valence-corrected chi connectivity index (χ1v) is 9.38. The van der Waals surface area contributed by atoms with Gasteiger partial charge in [-0.2, -0.15) is 0 Å². The minimum Gasteiger partial charge on any atom is -0.483 e. The Hall–Kier alpha value is -2.68. The summed E-state index contributed by atoms with van der Waals surface area (Å²) in [5, 5.41) is 13.8. The Kier molecular flexibility index (Phi) is 11.2. The van der Waals surface area contributed by atoms with Crippen LogP contribution >= 0.6 is 0 Å². The number of nitrogens with zero attached hydrogens (tertiary/aromatic N) is 4. The number of hydrogen-bond donors (Lipinski definition) is 2. The van der Waals surface area contributed by atoms with Crippen LogP contribution in [-0.4, -0.2) is 89.7 Å². The van der Waals surface area contributed by atoms with E-state index in [9.17, 15) is 4.79 Å². The molecule has 156 valence electrons. The molecule has 0 aromatic carbocycles. The molecule has 9 heteroatoms. The molecule has 2 N–H and O–H groups in total. The van der Waals surface area contributed by atoms with Crippen LogP contribution in [0.2, 0.25) is 0 Å². The van der Waals surface area contributed by atoms with Crippen LogP contribution in [0.15, 0.2) is 18.5 Å². The molecule has 2 aliphatic rings. The summed E-state index contributed by atoms with van der Waals surface area (Å²) in [5.41, 5.74) is 2.51. The highest BCUT2D eigenvalue weighted by atomic mass is 16.3. The zero-order valence-electron chi connectivity index (χ0n) is 16.4. The number of aromatic nitrogens is 1. The number of likely N-dealkylation sites (tertiary alicyclic amines) is 1. The predicted molar refractivity (Wildman–Crippen MR) is 105 cm³/mol. The number of pyridine rings is 1. The highest BCUT2D eigenvalue weighted by molar-refractivity contribution is 5.78. The molecule has 0 bridgehead atoms. The lowest BCUT2D eigenvalue weighted by Crippen LogP contribution is -2.40. The van der Waals surface area contributed by atoms with Crippen molar-refractivity contribution in [2.45, 2.75) is 26.2 Å². The maximum Gasteiger partial charge on any atom is 0.290 e. The maximum atomic E-state index is 12.3. The molecule has 2 fully saturated rings. The van der Waals surface area contributed by atoms with Crippen molar-refractivity contribution in [3.63, 3.8) is 0 Å². The van der Waals surface area contributed by atoms with Crippen LogP contribution in [0.25, 0.3) is 0 Å². The van der Waals surface area contributed by atoms with E-state index in [1.165, 1.54) is 24.1 Å². The molecular weight excluding hydrogens is 364 g/mol. The topological polar surface area (TPSA) is 114 Å². The minimum atomic E-state index is -0.250. The molecular formula is C19H30N4O5. The van der Waals surface area contributed by atoms with Crippen molar-refractivity contribution in [2.24, 2.45) is 0 Å². The van der Waals surface area contributed by atoms with Crippen molar-refractivity contribution in [2.75, 3.05) is 50.7 Å². The van der Waals surface area contributed by atoms with E-state index in [0.29, 0.717) is 12.5 Å². The Balaban J connectivity index is 0.000000582. The van der Waals surface area contributed by atoms with E-state index in [0.717, 1.165) is 45.7 Å². The molecule has 2 saturated heterocycles. The first-order chi connectivity index (χ1) is 13.6. The number of amides is 1. The first-order valence-electron chi connectivity index (χ1n) is 9.38. The molecule has 0 saturated carbocycles. The molecule has 2 aliphatic heterocycles. The van der Waals surface area contributed by atoms with Crippen molar-refractivity contribution in [3.8, 4) is 0 Å². The SMILES string of the molecule is Cc1cnccc1N1CCCN(CC(=O)N2CCCC2)CC1.O=CO.O=CO. The third kappa shape index (κ3) is 7.91. The van der Waals surface area contributed by atoms with Crippen LogP contribution in [0.4, 0.5) is 5.69 Å². The van der Waals surface area contributed by atoms with Gasteiger partial charge in [0.2, 0.25) is 5.91 Å². The predicted octanol–water partition coefficient (Wildman–Crippen LogP) is 0.926. The monoisotopic (exact) mass is 394 g/mol. The van der Waals surface area contributed by atoms with Crippen molar-refractivity contribution in [1.29, 1.82) is 0 Å². The number of hydrogen-bond acceptors (Lipinski definition) is 6. The van der Waals surface area contributed by atoms with Crippen LogP contribution in [0.5, 0.6) is 0 Å². The average molecular weight is 394 g/mol. The number of carbonyl (C=O) groups excluding carboxylic acids is 1. The van der Waals surface area contributed by atoms with E-state index in [1.807, 2.05) is 17.3 Å². The van der Waals surface area contributed by atoms with Gasteiger partial charge in [0.1, 0.15) is 0 Å². The van der Waals surface area contributed by atoms with Crippen molar-refractivity contribution in [3.05, 3.63) is 24.0 Å². The maximum absolute atomic E-state index is 12.3. The van der Waals surface area contributed by atoms with E-state index < -0.39 is 0 Å². The fourth-order valence-corrected chi connectivity index (χ4v) is 3.45. The van der Waals surface area contributed by atoms with Gasteiger partial charge in [0.15, 0.2) is 0 Å². The average Bonchev–Trinajstić information content (AvgIpc) is 3.12. The Morgan fingerprint density at radius 2 is 1.68 bits per heavy atom. The summed E-state index contributed by atoms with van der Waals surface area (Å²) in [4.78, 5) is 40.0. The molecule has 1 amide bonds. The fourth-order valence-electron chi connectivity index (χ4n) is 3.45. The normalized spacial score (nSPS) is 16.8. The van der Waals surface area contributed by atoms with Gasteiger partial charge in [-0.25, -0.2) is 0 Å². The summed E-state index contributed by atoms with van der Waals surface area (Å²) >= 11 is 0. The van der Waals surface area contributed by atoms with Gasteiger partial charge < -0.3 is 20.0 Å². The van der Waals surface area contributed by atoms with Crippen molar-refractivity contribution < 1.29 is 24.6 Å². The van der Waals surface area contributed by atoms with Crippen LogP contribution in [-0.2, 0) is 14.4 Å². The molecule has 3 heterocycles. The summed E-state index contributed by atoms with van der Waals surface area (Å²) in [7, 11) is 0. The van der Waals surface area contributed by atoms with E-state index in [-0.39, 0.29) is 12.9 Å². The Morgan fingerprint density at radius 3 is 2.29 bits per heavy atom. The summed E-state index contributed by atoms with van der Waals surface area (Å²) in [6.07, 6.45) is 7.23. The minimum absolute atomic E-state index is 0.250. The molecule has 1 aromatic heterocycles. The smallest absolute Gasteiger partial charge is 0.290 e. The van der Waals surface area contributed by atoms with Crippen LogP contribution < -0.4 is 4.90 Å². The second-order valence-corrected chi connectivity index (χ2v) is 6.58. The standard InChI is InChI=1S/C17H26N4O.2CH2O2/c1-15-13-18-6-5-16(15)20-10-4-7-19(11-12-20)14-17(22)21-8-2-3-9-21;2*2-1-3/h5-6,13H,2-4,7-12,14H2,1H3;2*1H,(H,2,3). The van der Waals surface area contributed by atoms with E-state index >= 15 is 0 Å². The summed E-state index contributed by atoms with van der Waals surface area (Å²) in [6, 6.07) is 2.10. The highest BCUT2D eigenvalue weighted by Gasteiger charge is 2.22. The lowest BCUT2D eigenvalue weighted by molar-refractivity contribution is -0.131. The molecule has 9 nitrogen and oxygen atoms in total. The molecule has 0 atom stereocenters. The van der Waals surface area contributed by atoms with Crippen molar-refractivity contribution >= 4 is 24.5 Å². The Morgan fingerprint density at radius 1 is 1.04 bits per heavy atom. The van der Waals surface area contributed by atoms with Gasteiger partial charge >= 0.3 is 0 Å². The molecule has 3 rings (SSSR count). The third-order valence-corrected chi connectivity index (χ3v) is 4.74. The van der Waals surface area contributed by atoms with Crippen molar-refractivity contribution in [1.82, 2.24) is 14.8 Å². The zero-order valence-corrected chi connectivity index (χ0v) is 16.4. The number of carboxylic acid groups (broad SMARTS) is 2. The van der Waals surface area contributed by atoms with Gasteiger partial charge in [-0.1, -0.05) is 0 Å². The zero-order chi connectivity index (χ0) is 20.8. The third-order valence-electron chi connectivity index (χ3n) is 4.74. The van der Waals surface area contributed by atoms with Crippen LogP contribution in [0.3, 0.4) is 0 Å². The van der Waals surface area contributed by atoms with Gasteiger partial charge in [0, 0.05) is 57.3 Å². The lowest BCUT2D eigenvalue weighted by Gasteiger charge is -2.25. The number of anilines is 1. The first kappa shape index (κ1) is 23.4. The van der Waals surface area contributed by atoms with Gasteiger partial charge in [0.25, 0.3) is 12.9 Å². The molecule has 0 spiro atoms. The Bertz CT molecular complexity index is 602. The van der Waals surface area contributed by atoms with Gasteiger partial charge in [0.05, 0.1) is 6.54 Å². The fraction of sp³-hybridized carbons (Fsp3) is 0.579. The number of carbonyl (C=O) groups is 3.